The molecular formula is C25H30N6O3. The number of nitrogens with zero attached hydrogens (tertiary/aromatic N) is 6. The molecule has 1 atom stereocenters. The summed E-state index contributed by atoms with van der Waals surface area (Å²) in [5, 5.41) is 11.9. The Labute approximate surface area is 198 Å². The van der Waals surface area contributed by atoms with Crippen LogP contribution in [0.2, 0.25) is 0 Å². The van der Waals surface area contributed by atoms with E-state index in [0.29, 0.717) is 11.6 Å². The molecule has 1 aromatic heterocycles. The van der Waals surface area contributed by atoms with Crippen molar-refractivity contribution in [3.05, 3.63) is 40.6 Å². The maximum Gasteiger partial charge on any atom is 0.336 e. The van der Waals surface area contributed by atoms with Crippen LogP contribution in [-0.4, -0.2) is 67.6 Å². The summed E-state index contributed by atoms with van der Waals surface area (Å²) in [6.45, 7) is 5.68. The highest BCUT2D eigenvalue weighted by Gasteiger charge is 2.53. The van der Waals surface area contributed by atoms with Gasteiger partial charge in [0.2, 0.25) is 5.91 Å². The average Bonchev–Trinajstić information content (AvgIpc) is 3.54. The normalized spacial score (nSPS) is 28.3. The number of benzene rings is 1. The third-order valence-electron chi connectivity index (χ3n) is 8.40. The van der Waals surface area contributed by atoms with E-state index in [2.05, 4.69) is 52.6 Å². The molecule has 0 bridgehead atoms. The Morgan fingerprint density at radius 1 is 1.24 bits per heavy atom. The van der Waals surface area contributed by atoms with Gasteiger partial charge in [-0.2, -0.15) is 0 Å². The van der Waals surface area contributed by atoms with Crippen LogP contribution in [0.5, 0.6) is 0 Å². The lowest BCUT2D eigenvalue weighted by Gasteiger charge is -2.39. The molecule has 2 aromatic rings. The highest BCUT2D eigenvalue weighted by atomic mass is 16.5. The SMILES string of the molecule is CC1=C(N2C(=O)C3(CCC(N(C)Cc4ccc5c(c4)Cn4nnnc4-5)CC3)CC2C)COC1=O. The van der Waals surface area contributed by atoms with E-state index in [-0.39, 0.29) is 29.9 Å². The van der Waals surface area contributed by atoms with Crippen LogP contribution in [0.15, 0.2) is 29.5 Å². The molecule has 1 spiro atoms. The fraction of sp³-hybridized carbons (Fsp3) is 0.560. The van der Waals surface area contributed by atoms with E-state index in [4.69, 9.17) is 4.74 Å². The number of carbonyl (C=O) groups is 2. The van der Waals surface area contributed by atoms with Crippen LogP contribution in [-0.2, 0) is 27.4 Å². The Hall–Kier alpha value is -3.07. The Bertz CT molecular complexity index is 1210. The minimum absolute atomic E-state index is 0.104. The molecule has 0 N–H and O–H groups in total. The van der Waals surface area contributed by atoms with E-state index in [1.54, 1.807) is 6.92 Å². The molecule has 9 heteroatoms. The minimum atomic E-state index is -0.301. The number of carbonyl (C=O) groups excluding carboxylic acids is 2. The first-order valence-electron chi connectivity index (χ1n) is 12.2. The van der Waals surface area contributed by atoms with Gasteiger partial charge in [0.25, 0.3) is 0 Å². The standard InChI is InChI=1S/C25H30N6O3/c1-15-11-25(24(33)31(15)21-14-34-23(32)16(21)2)8-6-19(7-9-25)29(3)12-17-4-5-20-18(10-17)13-30-22(20)26-27-28-30/h4-5,10,15,19H,6-9,11-14H2,1-3H3. The third kappa shape index (κ3) is 3.20. The summed E-state index contributed by atoms with van der Waals surface area (Å²) in [5.41, 5.74) is 4.69. The van der Waals surface area contributed by atoms with Crippen LogP contribution < -0.4 is 0 Å². The summed E-state index contributed by atoms with van der Waals surface area (Å²) >= 11 is 0. The second-order valence-corrected chi connectivity index (χ2v) is 10.5. The first kappa shape index (κ1) is 21.5. The zero-order valence-corrected chi connectivity index (χ0v) is 20.0. The number of rotatable bonds is 4. The van der Waals surface area contributed by atoms with Gasteiger partial charge in [-0.25, -0.2) is 9.48 Å². The highest BCUT2D eigenvalue weighted by Crippen LogP contribution is 2.49. The molecule has 6 rings (SSSR count). The summed E-state index contributed by atoms with van der Waals surface area (Å²) in [6.07, 6.45) is 4.66. The summed E-state index contributed by atoms with van der Waals surface area (Å²) < 4.78 is 7.02. The molecule has 1 aliphatic carbocycles. The Kier molecular flexibility index (Phi) is 4.88. The number of esters is 1. The molecule has 34 heavy (non-hydrogen) atoms. The minimum Gasteiger partial charge on any atom is -0.456 e. The molecular weight excluding hydrogens is 432 g/mol. The van der Waals surface area contributed by atoms with Crippen molar-refractivity contribution < 1.29 is 14.3 Å². The van der Waals surface area contributed by atoms with E-state index >= 15 is 0 Å². The molecule has 1 saturated carbocycles. The number of hydrogen-bond acceptors (Lipinski definition) is 7. The van der Waals surface area contributed by atoms with Crippen LogP contribution in [0, 0.1) is 5.41 Å². The van der Waals surface area contributed by atoms with Crippen molar-refractivity contribution in [3.63, 3.8) is 0 Å². The smallest absolute Gasteiger partial charge is 0.336 e. The second kappa shape index (κ2) is 7.73. The van der Waals surface area contributed by atoms with E-state index in [9.17, 15) is 9.59 Å². The predicted octanol–water partition coefficient (Wildman–Crippen LogP) is 2.51. The fourth-order valence-electron chi connectivity index (χ4n) is 6.50. The number of hydrogen-bond donors (Lipinski definition) is 0. The molecule has 1 unspecified atom stereocenters. The van der Waals surface area contributed by atoms with Gasteiger partial charge in [0, 0.05) is 24.2 Å². The molecule has 0 radical (unpaired) electrons. The van der Waals surface area contributed by atoms with Crippen molar-refractivity contribution in [1.29, 1.82) is 0 Å². The number of amides is 1. The van der Waals surface area contributed by atoms with Crippen LogP contribution in [0.3, 0.4) is 0 Å². The van der Waals surface area contributed by atoms with Crippen LogP contribution in [0.1, 0.15) is 57.1 Å². The van der Waals surface area contributed by atoms with Gasteiger partial charge in [0.05, 0.1) is 23.2 Å². The fourth-order valence-corrected chi connectivity index (χ4v) is 6.50. The van der Waals surface area contributed by atoms with Crippen LogP contribution in [0.4, 0.5) is 0 Å². The lowest BCUT2D eigenvalue weighted by Crippen LogP contribution is -2.42. The van der Waals surface area contributed by atoms with Crippen molar-refractivity contribution in [1.82, 2.24) is 30.0 Å². The van der Waals surface area contributed by atoms with Crippen molar-refractivity contribution in [2.24, 2.45) is 5.41 Å². The zero-order valence-electron chi connectivity index (χ0n) is 20.0. The molecule has 1 saturated heterocycles. The van der Waals surface area contributed by atoms with Gasteiger partial charge in [0.1, 0.15) is 6.61 Å². The summed E-state index contributed by atoms with van der Waals surface area (Å²) in [5.74, 6) is 0.732. The van der Waals surface area contributed by atoms with Gasteiger partial charge in [-0.15, -0.1) is 5.10 Å². The van der Waals surface area contributed by atoms with Gasteiger partial charge in [0.15, 0.2) is 5.82 Å². The molecule has 4 aliphatic rings. The largest absolute Gasteiger partial charge is 0.456 e. The first-order valence-corrected chi connectivity index (χ1v) is 12.2. The predicted molar refractivity (Wildman–Crippen MR) is 123 cm³/mol. The van der Waals surface area contributed by atoms with Crippen molar-refractivity contribution in [3.8, 4) is 11.4 Å². The summed E-state index contributed by atoms with van der Waals surface area (Å²) in [4.78, 5) is 29.7. The average molecular weight is 463 g/mol. The summed E-state index contributed by atoms with van der Waals surface area (Å²) in [7, 11) is 2.19. The molecule has 178 valence electrons. The Balaban J connectivity index is 1.11. The van der Waals surface area contributed by atoms with E-state index in [1.807, 2.05) is 9.58 Å². The van der Waals surface area contributed by atoms with Crippen molar-refractivity contribution in [2.45, 2.75) is 71.1 Å². The van der Waals surface area contributed by atoms with Crippen molar-refractivity contribution in [2.75, 3.05) is 13.7 Å². The number of tetrazole rings is 1. The maximum atomic E-state index is 13.6. The van der Waals surface area contributed by atoms with E-state index < -0.39 is 0 Å². The molecule has 1 amide bonds. The quantitative estimate of drug-likeness (QED) is 0.550. The van der Waals surface area contributed by atoms with Crippen molar-refractivity contribution >= 4 is 11.9 Å². The summed E-state index contributed by atoms with van der Waals surface area (Å²) in [6, 6.07) is 7.12. The lowest BCUT2D eigenvalue weighted by atomic mass is 9.70. The van der Waals surface area contributed by atoms with E-state index in [1.165, 1.54) is 11.1 Å². The van der Waals surface area contributed by atoms with Gasteiger partial charge < -0.3 is 9.64 Å². The van der Waals surface area contributed by atoms with E-state index in [0.717, 1.165) is 62.3 Å². The lowest BCUT2D eigenvalue weighted by molar-refractivity contribution is -0.139. The Morgan fingerprint density at radius 2 is 2.03 bits per heavy atom. The molecule has 4 heterocycles. The molecule has 1 aromatic carbocycles. The zero-order chi connectivity index (χ0) is 23.6. The highest BCUT2D eigenvalue weighted by molar-refractivity contribution is 5.94. The number of cyclic esters (lactones) is 1. The maximum absolute atomic E-state index is 13.6. The van der Waals surface area contributed by atoms with Gasteiger partial charge in [-0.1, -0.05) is 18.2 Å². The van der Waals surface area contributed by atoms with Gasteiger partial charge in [-0.05, 0) is 74.6 Å². The van der Waals surface area contributed by atoms with Gasteiger partial charge >= 0.3 is 5.97 Å². The molecule has 9 nitrogen and oxygen atoms in total. The number of aromatic nitrogens is 4. The second-order valence-electron chi connectivity index (χ2n) is 10.5. The molecule has 3 aliphatic heterocycles. The van der Waals surface area contributed by atoms with Crippen LogP contribution >= 0.6 is 0 Å². The Morgan fingerprint density at radius 3 is 2.76 bits per heavy atom. The van der Waals surface area contributed by atoms with Crippen LogP contribution in [0.25, 0.3) is 11.4 Å². The third-order valence-corrected chi connectivity index (χ3v) is 8.40. The topological polar surface area (TPSA) is 93.5 Å². The number of ether oxygens (including phenoxy) is 1. The van der Waals surface area contributed by atoms with Gasteiger partial charge in [-0.3, -0.25) is 9.69 Å². The number of likely N-dealkylation sites (tertiary alicyclic amines) is 1. The first-order chi connectivity index (χ1) is 16.4. The monoisotopic (exact) mass is 462 g/mol. The number of fused-ring (bicyclic) bond motifs is 3. The molecule has 2 fully saturated rings.